The molecular weight excluding hydrogens is 372 g/mol. The Morgan fingerprint density at radius 3 is 2.33 bits per heavy atom. The molecule has 0 aromatic heterocycles. The molecule has 1 N–H and O–H groups in total. The van der Waals surface area contributed by atoms with Crippen LogP contribution >= 0.6 is 15.9 Å². The third-order valence-electron chi connectivity index (χ3n) is 3.83. The molecule has 4 nitrogen and oxygen atoms in total. The molecule has 0 aliphatic carbocycles. The Kier molecular flexibility index (Phi) is 8.94. The van der Waals surface area contributed by atoms with Gasteiger partial charge in [0.2, 0.25) is 0 Å². The molecule has 21 heavy (non-hydrogen) atoms. The van der Waals surface area contributed by atoms with E-state index in [1.165, 1.54) is 0 Å². The molecular formula is C14H29BrO4SSi. The van der Waals surface area contributed by atoms with Gasteiger partial charge in [0.05, 0.1) is 5.75 Å². The van der Waals surface area contributed by atoms with Crippen LogP contribution < -0.4 is 0 Å². The molecule has 0 saturated carbocycles. The first-order chi connectivity index (χ1) is 9.35. The van der Waals surface area contributed by atoms with E-state index in [0.717, 1.165) is 30.4 Å². The molecule has 0 fully saturated rings. The summed E-state index contributed by atoms with van der Waals surface area (Å²) in [4.78, 5) is 0. The van der Waals surface area contributed by atoms with Gasteiger partial charge in [-0.25, -0.2) is 0 Å². The predicted molar refractivity (Wildman–Crippen MR) is 95.0 cm³/mol. The van der Waals surface area contributed by atoms with Crippen LogP contribution in [-0.2, 0) is 14.5 Å². The first kappa shape index (κ1) is 21.3. The van der Waals surface area contributed by atoms with Crippen molar-refractivity contribution in [2.24, 2.45) is 0 Å². The van der Waals surface area contributed by atoms with Crippen molar-refractivity contribution >= 4 is 34.4 Å². The number of hydrogen-bond donors (Lipinski definition) is 1. The largest absolute Gasteiger partial charge is 0.417 e. The lowest BCUT2D eigenvalue weighted by Gasteiger charge is -2.36. The van der Waals surface area contributed by atoms with Gasteiger partial charge in [0, 0.05) is 6.61 Å². The zero-order valence-electron chi connectivity index (χ0n) is 13.8. The van der Waals surface area contributed by atoms with Gasteiger partial charge in [-0.1, -0.05) is 42.8 Å². The summed E-state index contributed by atoms with van der Waals surface area (Å²) in [5, 5.41) is 0.242. The normalized spacial score (nSPS) is 14.5. The highest BCUT2D eigenvalue weighted by Gasteiger charge is 2.36. The number of allylic oxidation sites excluding steroid dienone is 2. The second-order valence-corrected chi connectivity index (χ2v) is 14.2. The van der Waals surface area contributed by atoms with Gasteiger partial charge in [-0.3, -0.25) is 4.55 Å². The predicted octanol–water partition coefficient (Wildman–Crippen LogP) is 4.74. The lowest BCUT2D eigenvalue weighted by molar-refractivity contribution is 0.279. The van der Waals surface area contributed by atoms with Gasteiger partial charge in [-0.2, -0.15) is 8.42 Å². The SMILES string of the molecule is CC(C)(C)[Si](C)(C)OCCCC/C=C(\Br)CCS(=O)(=O)O. The van der Waals surface area contributed by atoms with Crippen LogP contribution in [0.4, 0.5) is 0 Å². The van der Waals surface area contributed by atoms with E-state index in [0.29, 0.717) is 6.42 Å². The van der Waals surface area contributed by atoms with E-state index >= 15 is 0 Å². The molecule has 126 valence electrons. The van der Waals surface area contributed by atoms with E-state index in [1.807, 2.05) is 6.08 Å². The van der Waals surface area contributed by atoms with Gasteiger partial charge in [0.25, 0.3) is 10.1 Å². The highest BCUT2D eigenvalue weighted by molar-refractivity contribution is 9.11. The molecule has 7 heteroatoms. The lowest BCUT2D eigenvalue weighted by atomic mass is 10.2. The fourth-order valence-corrected chi connectivity index (χ4v) is 3.63. The van der Waals surface area contributed by atoms with Gasteiger partial charge in [0.15, 0.2) is 8.32 Å². The molecule has 0 spiro atoms. The fourth-order valence-electron chi connectivity index (χ4n) is 1.38. The van der Waals surface area contributed by atoms with Crippen molar-refractivity contribution in [1.82, 2.24) is 0 Å². The van der Waals surface area contributed by atoms with Crippen molar-refractivity contribution in [2.75, 3.05) is 12.4 Å². The Balaban J connectivity index is 3.87. The summed E-state index contributed by atoms with van der Waals surface area (Å²) in [5.41, 5.74) is 0. The van der Waals surface area contributed by atoms with Crippen LogP contribution in [0.2, 0.25) is 18.1 Å². The van der Waals surface area contributed by atoms with Crippen molar-refractivity contribution in [3.05, 3.63) is 10.6 Å². The van der Waals surface area contributed by atoms with Crippen LogP contribution in [0.1, 0.15) is 46.5 Å². The van der Waals surface area contributed by atoms with E-state index in [1.54, 1.807) is 0 Å². The molecule has 0 unspecified atom stereocenters. The summed E-state index contributed by atoms with van der Waals surface area (Å²) in [6, 6.07) is 0. The number of halogens is 1. The Labute approximate surface area is 139 Å². The zero-order chi connectivity index (χ0) is 16.7. The summed E-state index contributed by atoms with van der Waals surface area (Å²) in [7, 11) is -5.51. The second-order valence-electron chi connectivity index (χ2n) is 6.79. The Morgan fingerprint density at radius 1 is 1.29 bits per heavy atom. The molecule has 0 aliphatic heterocycles. The summed E-state index contributed by atoms with van der Waals surface area (Å²) in [6.45, 7) is 12.0. The molecule has 0 bridgehead atoms. The third-order valence-corrected chi connectivity index (χ3v) is 9.81. The van der Waals surface area contributed by atoms with Gasteiger partial charge < -0.3 is 4.43 Å². The van der Waals surface area contributed by atoms with E-state index in [2.05, 4.69) is 49.8 Å². The van der Waals surface area contributed by atoms with E-state index in [-0.39, 0.29) is 10.8 Å². The monoisotopic (exact) mass is 400 g/mol. The Morgan fingerprint density at radius 2 is 1.86 bits per heavy atom. The first-order valence-electron chi connectivity index (χ1n) is 7.29. The van der Waals surface area contributed by atoms with E-state index in [9.17, 15) is 8.42 Å². The van der Waals surface area contributed by atoms with Crippen molar-refractivity contribution in [3.63, 3.8) is 0 Å². The molecule has 0 saturated heterocycles. The molecule has 0 amide bonds. The average molecular weight is 401 g/mol. The standard InChI is InChI=1S/C14H29BrO4SSi/c1-14(2,3)21(4,5)19-11-8-6-7-9-13(15)10-12-20(16,17)18/h9H,6-8,10-12H2,1-5H3,(H,16,17,18)/b13-9-. The molecule has 0 rings (SSSR count). The summed E-state index contributed by atoms with van der Waals surface area (Å²) >= 11 is 3.32. The summed E-state index contributed by atoms with van der Waals surface area (Å²) < 4.78 is 36.8. The maximum absolute atomic E-state index is 10.6. The van der Waals surface area contributed by atoms with E-state index < -0.39 is 18.4 Å². The fraction of sp³-hybridized carbons (Fsp3) is 0.857. The van der Waals surface area contributed by atoms with Crippen molar-refractivity contribution in [2.45, 2.75) is 64.6 Å². The Hall–Kier alpha value is 0.307. The van der Waals surface area contributed by atoms with Gasteiger partial charge in [-0.15, -0.1) is 0 Å². The van der Waals surface area contributed by atoms with Crippen molar-refractivity contribution < 1.29 is 17.4 Å². The zero-order valence-corrected chi connectivity index (χ0v) is 17.2. The van der Waals surface area contributed by atoms with Crippen LogP contribution in [0.5, 0.6) is 0 Å². The number of hydrogen-bond acceptors (Lipinski definition) is 3. The van der Waals surface area contributed by atoms with Crippen LogP contribution in [0.15, 0.2) is 10.6 Å². The van der Waals surface area contributed by atoms with Gasteiger partial charge in [-0.05, 0) is 48.3 Å². The van der Waals surface area contributed by atoms with Crippen LogP contribution in [0.3, 0.4) is 0 Å². The van der Waals surface area contributed by atoms with Crippen molar-refractivity contribution in [3.8, 4) is 0 Å². The second kappa shape index (κ2) is 8.81. The first-order valence-corrected chi connectivity index (χ1v) is 12.6. The topological polar surface area (TPSA) is 63.6 Å². The van der Waals surface area contributed by atoms with Crippen LogP contribution in [-0.4, -0.2) is 33.6 Å². The minimum atomic E-state index is -3.88. The van der Waals surface area contributed by atoms with Crippen molar-refractivity contribution in [1.29, 1.82) is 0 Å². The van der Waals surface area contributed by atoms with Crippen LogP contribution in [0, 0.1) is 0 Å². The lowest BCUT2D eigenvalue weighted by Crippen LogP contribution is -2.40. The summed E-state index contributed by atoms with van der Waals surface area (Å²) in [5.74, 6) is -0.238. The van der Waals surface area contributed by atoms with Gasteiger partial charge in [0.1, 0.15) is 0 Å². The number of unbranched alkanes of at least 4 members (excludes halogenated alkanes) is 2. The van der Waals surface area contributed by atoms with Crippen LogP contribution in [0.25, 0.3) is 0 Å². The average Bonchev–Trinajstić information content (AvgIpc) is 2.28. The molecule has 0 atom stereocenters. The maximum atomic E-state index is 10.6. The highest BCUT2D eigenvalue weighted by Crippen LogP contribution is 2.36. The molecule has 0 aliphatic rings. The minimum absolute atomic E-state index is 0.238. The molecule has 0 heterocycles. The van der Waals surface area contributed by atoms with E-state index in [4.69, 9.17) is 8.98 Å². The molecule has 0 aromatic carbocycles. The Bertz CT molecular complexity index is 438. The molecule has 0 radical (unpaired) electrons. The molecule has 0 aromatic rings. The number of rotatable bonds is 9. The van der Waals surface area contributed by atoms with Gasteiger partial charge >= 0.3 is 0 Å². The maximum Gasteiger partial charge on any atom is 0.265 e. The summed E-state index contributed by atoms with van der Waals surface area (Å²) in [6.07, 6.45) is 5.18. The quantitative estimate of drug-likeness (QED) is 0.345. The smallest absolute Gasteiger partial charge is 0.265 e. The third kappa shape index (κ3) is 10.6. The minimum Gasteiger partial charge on any atom is -0.417 e. The highest BCUT2D eigenvalue weighted by atomic mass is 79.9.